The molecule has 0 N–H and O–H groups in total. The molecular formula is C13H6ClOS. The number of fused-ring (bicyclic) bond motifs is 2. The Bertz CT molecular complexity index is 746. The zero-order valence-electron chi connectivity index (χ0n) is 8.16. The van der Waals surface area contributed by atoms with Crippen LogP contribution in [-0.4, -0.2) is 0 Å². The van der Waals surface area contributed by atoms with Gasteiger partial charge in [0.2, 0.25) is 0 Å². The molecule has 3 heteroatoms. The summed E-state index contributed by atoms with van der Waals surface area (Å²) in [6.45, 7) is 0. The van der Waals surface area contributed by atoms with Gasteiger partial charge in [0.15, 0.2) is 0 Å². The third-order valence-corrected chi connectivity index (χ3v) is 3.11. The van der Waals surface area contributed by atoms with Gasteiger partial charge < -0.3 is 4.42 Å². The van der Waals surface area contributed by atoms with E-state index in [0.717, 1.165) is 26.4 Å². The van der Waals surface area contributed by atoms with Gasteiger partial charge in [0.05, 0.1) is 4.51 Å². The Morgan fingerprint density at radius 1 is 1.19 bits per heavy atom. The Labute approximate surface area is 102 Å². The first-order valence-electron chi connectivity index (χ1n) is 4.78. The molecule has 0 saturated carbocycles. The van der Waals surface area contributed by atoms with Gasteiger partial charge in [-0.15, -0.1) is 0 Å². The third kappa shape index (κ3) is 1.42. The smallest absolute Gasteiger partial charge is 0.136 e. The van der Waals surface area contributed by atoms with Crippen LogP contribution in [0.2, 0.25) is 5.02 Å². The van der Waals surface area contributed by atoms with E-state index in [1.807, 2.05) is 30.3 Å². The Kier molecular flexibility index (Phi) is 2.20. The number of hydrogen-bond acceptors (Lipinski definition) is 2. The fourth-order valence-electron chi connectivity index (χ4n) is 1.71. The van der Waals surface area contributed by atoms with Crippen LogP contribution in [0.25, 0.3) is 21.9 Å². The lowest BCUT2D eigenvalue weighted by molar-refractivity contribution is 0.660. The van der Waals surface area contributed by atoms with Crippen LogP contribution in [0.1, 0.15) is 0 Å². The average Bonchev–Trinajstić information content (AvgIpc) is 2.31. The van der Waals surface area contributed by atoms with Crippen molar-refractivity contribution in [2.75, 3.05) is 0 Å². The molecule has 0 saturated heterocycles. The van der Waals surface area contributed by atoms with Crippen molar-refractivity contribution in [2.45, 2.75) is 0 Å². The van der Waals surface area contributed by atoms with E-state index < -0.39 is 0 Å². The second-order valence-corrected chi connectivity index (χ2v) is 4.33. The van der Waals surface area contributed by atoms with E-state index in [-0.39, 0.29) is 0 Å². The summed E-state index contributed by atoms with van der Waals surface area (Å²) in [6, 6.07) is 14.1. The molecule has 0 fully saturated rings. The molecule has 0 aliphatic carbocycles. The summed E-state index contributed by atoms with van der Waals surface area (Å²) in [5.74, 6) is 0. The first-order chi connectivity index (χ1) is 7.75. The predicted octanol–water partition coefficient (Wildman–Crippen LogP) is 4.77. The summed E-state index contributed by atoms with van der Waals surface area (Å²) < 4.78 is 6.46. The summed E-state index contributed by atoms with van der Waals surface area (Å²) in [7, 11) is 0. The molecule has 2 aromatic carbocycles. The first-order valence-corrected chi connectivity index (χ1v) is 5.57. The van der Waals surface area contributed by atoms with Crippen LogP contribution in [0.15, 0.2) is 40.8 Å². The second kappa shape index (κ2) is 3.58. The normalized spacial score (nSPS) is 11.1. The fraction of sp³-hybridized carbons (Fsp3) is 0. The molecule has 1 nitrogen and oxygen atoms in total. The van der Waals surface area contributed by atoms with Gasteiger partial charge in [0.1, 0.15) is 11.2 Å². The largest absolute Gasteiger partial charge is 0.456 e. The maximum atomic E-state index is 5.94. The topological polar surface area (TPSA) is 13.1 Å². The second-order valence-electron chi connectivity index (χ2n) is 3.48. The molecule has 3 aromatic rings. The van der Waals surface area contributed by atoms with Gasteiger partial charge in [0.25, 0.3) is 0 Å². The summed E-state index contributed by atoms with van der Waals surface area (Å²) in [6.07, 6.45) is 0. The maximum Gasteiger partial charge on any atom is 0.136 e. The highest BCUT2D eigenvalue weighted by Gasteiger charge is 2.04. The molecule has 77 valence electrons. The molecule has 16 heavy (non-hydrogen) atoms. The summed E-state index contributed by atoms with van der Waals surface area (Å²) in [4.78, 5) is 0. The minimum Gasteiger partial charge on any atom is -0.456 e. The molecular weight excluding hydrogens is 240 g/mol. The van der Waals surface area contributed by atoms with Crippen molar-refractivity contribution in [1.29, 1.82) is 0 Å². The van der Waals surface area contributed by atoms with Crippen molar-refractivity contribution in [3.63, 3.8) is 0 Å². The van der Waals surface area contributed by atoms with Crippen molar-refractivity contribution in [1.82, 2.24) is 0 Å². The van der Waals surface area contributed by atoms with Gasteiger partial charge in [-0.05, 0) is 30.3 Å². The zero-order valence-corrected chi connectivity index (χ0v) is 9.73. The van der Waals surface area contributed by atoms with E-state index in [1.54, 1.807) is 6.07 Å². The van der Waals surface area contributed by atoms with Gasteiger partial charge in [-0.1, -0.05) is 36.0 Å². The van der Waals surface area contributed by atoms with Gasteiger partial charge in [-0.2, -0.15) is 0 Å². The molecule has 1 aromatic heterocycles. The predicted molar refractivity (Wildman–Crippen MR) is 68.4 cm³/mol. The van der Waals surface area contributed by atoms with E-state index in [2.05, 4.69) is 6.07 Å². The van der Waals surface area contributed by atoms with E-state index in [0.29, 0.717) is 5.02 Å². The van der Waals surface area contributed by atoms with Crippen molar-refractivity contribution in [3.8, 4) is 0 Å². The summed E-state index contributed by atoms with van der Waals surface area (Å²) in [5, 5.41) is 2.34. The molecule has 0 unspecified atom stereocenters. The van der Waals surface area contributed by atoms with Crippen LogP contribution in [-0.2, 0) is 0 Å². The molecule has 1 heterocycles. The molecule has 0 bridgehead atoms. The third-order valence-electron chi connectivity index (χ3n) is 2.45. The van der Waals surface area contributed by atoms with Gasteiger partial charge in [-0.3, -0.25) is 0 Å². The molecule has 0 aliphatic heterocycles. The molecule has 0 aliphatic rings. The first kappa shape index (κ1) is 9.82. The Morgan fingerprint density at radius 2 is 2.06 bits per heavy atom. The number of hydrogen-bond donors (Lipinski definition) is 0. The number of rotatable bonds is 0. The highest BCUT2D eigenvalue weighted by Crippen LogP contribution is 2.26. The minimum absolute atomic E-state index is 0.657. The molecule has 0 amide bonds. The monoisotopic (exact) mass is 245 g/mol. The van der Waals surface area contributed by atoms with Crippen molar-refractivity contribution < 1.29 is 4.42 Å². The van der Waals surface area contributed by atoms with Gasteiger partial charge >= 0.3 is 0 Å². The number of halogens is 1. The highest BCUT2D eigenvalue weighted by atomic mass is 35.5. The van der Waals surface area contributed by atoms with E-state index in [9.17, 15) is 0 Å². The maximum absolute atomic E-state index is 5.94. The van der Waals surface area contributed by atoms with Crippen molar-refractivity contribution >= 4 is 45.8 Å². The molecule has 0 spiro atoms. The average molecular weight is 246 g/mol. The zero-order chi connectivity index (χ0) is 11.1. The minimum atomic E-state index is 0.657. The van der Waals surface area contributed by atoms with Crippen LogP contribution >= 0.6 is 23.8 Å². The van der Waals surface area contributed by atoms with E-state index >= 15 is 0 Å². The quantitative estimate of drug-likeness (QED) is 0.418. The summed E-state index contributed by atoms with van der Waals surface area (Å²) >= 11 is 11.3. The van der Waals surface area contributed by atoms with Crippen LogP contribution in [0, 0.1) is 10.6 Å². The van der Waals surface area contributed by atoms with Gasteiger partial charge in [0, 0.05) is 15.8 Å². The molecule has 3 rings (SSSR count). The Balaban J connectivity index is 2.61. The van der Waals surface area contributed by atoms with Crippen molar-refractivity contribution in [2.24, 2.45) is 0 Å². The summed E-state index contributed by atoms with van der Waals surface area (Å²) in [5.41, 5.74) is 1.50. The lowest BCUT2D eigenvalue weighted by atomic mass is 10.1. The van der Waals surface area contributed by atoms with E-state index in [1.165, 1.54) is 0 Å². The van der Waals surface area contributed by atoms with Crippen LogP contribution in [0.5, 0.6) is 0 Å². The highest BCUT2D eigenvalue weighted by molar-refractivity contribution is 7.72. The number of benzene rings is 2. The molecule has 1 radical (unpaired) electrons. The van der Waals surface area contributed by atoms with Crippen LogP contribution in [0.3, 0.4) is 0 Å². The lowest BCUT2D eigenvalue weighted by Gasteiger charge is -2.02. The fourth-order valence-corrected chi connectivity index (χ4v) is 2.20. The Hall–Kier alpha value is -1.38. The molecule has 0 atom stereocenters. The van der Waals surface area contributed by atoms with Crippen LogP contribution in [0.4, 0.5) is 0 Å². The van der Waals surface area contributed by atoms with Crippen LogP contribution < -0.4 is 0 Å². The Morgan fingerprint density at radius 3 is 2.94 bits per heavy atom. The van der Waals surface area contributed by atoms with Crippen molar-refractivity contribution in [3.05, 3.63) is 52.0 Å². The SMILES string of the molecule is S=c1c2[c]cccc2oc2ccc(Cl)cc12. The standard InChI is InChI=1S/C13H6ClOS/c14-8-5-6-12-10(7-8)13(16)9-3-1-2-4-11(9)15-12/h1-2,4-7H. The van der Waals surface area contributed by atoms with Gasteiger partial charge in [-0.25, -0.2) is 0 Å². The lowest BCUT2D eigenvalue weighted by Crippen LogP contribution is -1.79. The van der Waals surface area contributed by atoms with E-state index in [4.69, 9.17) is 28.2 Å².